The molecule has 3 heterocycles. The molecule has 4 rings (SSSR count). The van der Waals surface area contributed by atoms with Crippen molar-refractivity contribution in [2.45, 2.75) is 24.9 Å². The number of hydrogen-bond donors (Lipinski definition) is 0. The minimum absolute atomic E-state index is 0.0627. The Morgan fingerprint density at radius 2 is 2.08 bits per heavy atom. The Balaban J connectivity index is 1.73. The molecule has 1 aromatic carbocycles. The highest BCUT2D eigenvalue weighted by atomic mass is 32.1. The second kappa shape index (κ2) is 5.80. The van der Waals surface area contributed by atoms with Gasteiger partial charge in [-0.3, -0.25) is 4.79 Å². The summed E-state index contributed by atoms with van der Waals surface area (Å²) in [6.45, 7) is 0.386. The van der Waals surface area contributed by atoms with Crippen molar-refractivity contribution in [1.29, 1.82) is 0 Å². The van der Waals surface area contributed by atoms with E-state index in [9.17, 15) is 4.79 Å². The standard InChI is InChI=1S/C16H17N3O4S/c1-18-14(9-3-5-10(21-2)6-4-9)17-19(16(18)24)11-7-12(20)15-22-8-13(11)23-15/h3-6,11,13,15H,7-8H2,1-2H3. The largest absolute Gasteiger partial charge is 0.497 e. The molecule has 2 aliphatic heterocycles. The number of ketones is 1. The Morgan fingerprint density at radius 3 is 2.79 bits per heavy atom. The van der Waals surface area contributed by atoms with Crippen LogP contribution in [0.5, 0.6) is 5.75 Å². The molecule has 3 unspecified atom stereocenters. The van der Waals surface area contributed by atoms with Gasteiger partial charge in [0, 0.05) is 19.0 Å². The summed E-state index contributed by atoms with van der Waals surface area (Å²) >= 11 is 5.53. The number of carbonyl (C=O) groups excluding carboxylic acids is 1. The highest BCUT2D eigenvalue weighted by Gasteiger charge is 2.45. The Morgan fingerprint density at radius 1 is 1.33 bits per heavy atom. The number of nitrogens with zero attached hydrogens (tertiary/aromatic N) is 3. The first kappa shape index (κ1) is 15.5. The quantitative estimate of drug-likeness (QED) is 0.790. The number of benzene rings is 1. The number of ether oxygens (including phenoxy) is 3. The van der Waals surface area contributed by atoms with Gasteiger partial charge in [0.2, 0.25) is 6.29 Å². The van der Waals surface area contributed by atoms with E-state index in [4.69, 9.17) is 26.4 Å². The highest BCUT2D eigenvalue weighted by Crippen LogP contribution is 2.33. The lowest BCUT2D eigenvalue weighted by Gasteiger charge is -2.26. The lowest BCUT2D eigenvalue weighted by atomic mass is 10.0. The summed E-state index contributed by atoms with van der Waals surface area (Å²) in [4.78, 5) is 12.0. The van der Waals surface area contributed by atoms with E-state index in [0.29, 0.717) is 17.8 Å². The number of Topliss-reactive ketones (excluding diaryl/α,β-unsaturated/α-hetero) is 1. The second-order valence-electron chi connectivity index (χ2n) is 5.92. The summed E-state index contributed by atoms with van der Waals surface area (Å²) in [7, 11) is 3.49. The van der Waals surface area contributed by atoms with Crippen molar-refractivity contribution in [3.63, 3.8) is 0 Å². The molecule has 3 atom stereocenters. The Bertz CT molecular complexity index is 842. The van der Waals surface area contributed by atoms with Gasteiger partial charge in [-0.15, -0.1) is 0 Å². The SMILES string of the molecule is COc1ccc(-c2nn(C3CC(=O)C4OCC3O4)c(=S)n2C)cc1. The van der Waals surface area contributed by atoms with Crippen molar-refractivity contribution in [2.75, 3.05) is 13.7 Å². The van der Waals surface area contributed by atoms with Crippen LogP contribution in [0.1, 0.15) is 12.5 Å². The molecule has 0 N–H and O–H groups in total. The molecule has 126 valence electrons. The number of aromatic nitrogens is 3. The van der Waals surface area contributed by atoms with Gasteiger partial charge in [0.1, 0.15) is 11.9 Å². The van der Waals surface area contributed by atoms with E-state index in [0.717, 1.165) is 17.1 Å². The predicted molar refractivity (Wildman–Crippen MR) is 87.3 cm³/mol. The maximum absolute atomic E-state index is 12.0. The van der Waals surface area contributed by atoms with Gasteiger partial charge >= 0.3 is 0 Å². The van der Waals surface area contributed by atoms with E-state index in [2.05, 4.69) is 5.10 Å². The number of rotatable bonds is 3. The van der Waals surface area contributed by atoms with E-state index in [1.54, 1.807) is 11.8 Å². The minimum atomic E-state index is -0.717. The summed E-state index contributed by atoms with van der Waals surface area (Å²) in [6.07, 6.45) is -0.592. The third kappa shape index (κ3) is 2.38. The van der Waals surface area contributed by atoms with Crippen LogP contribution in [0.25, 0.3) is 11.4 Å². The van der Waals surface area contributed by atoms with Gasteiger partial charge in [0.15, 0.2) is 16.4 Å². The molecule has 2 aliphatic rings. The summed E-state index contributed by atoms with van der Waals surface area (Å²) in [5, 5.41) is 4.66. The van der Waals surface area contributed by atoms with Crippen molar-refractivity contribution in [1.82, 2.24) is 14.3 Å². The van der Waals surface area contributed by atoms with Crippen LogP contribution in [0.15, 0.2) is 24.3 Å². The molecule has 0 spiro atoms. The molecule has 7 nitrogen and oxygen atoms in total. The zero-order valence-electron chi connectivity index (χ0n) is 13.3. The van der Waals surface area contributed by atoms with Crippen LogP contribution in [0.2, 0.25) is 0 Å². The summed E-state index contributed by atoms with van der Waals surface area (Å²) < 4.78 is 20.3. The summed E-state index contributed by atoms with van der Waals surface area (Å²) in [5.74, 6) is 1.45. The van der Waals surface area contributed by atoms with Gasteiger partial charge in [0.05, 0.1) is 19.8 Å². The highest BCUT2D eigenvalue weighted by molar-refractivity contribution is 7.71. The number of carbonyl (C=O) groups is 1. The molecular formula is C16H17N3O4S. The molecule has 2 saturated heterocycles. The smallest absolute Gasteiger partial charge is 0.218 e. The van der Waals surface area contributed by atoms with Crippen molar-refractivity contribution < 1.29 is 19.0 Å². The molecule has 2 fully saturated rings. The number of fused-ring (bicyclic) bond motifs is 2. The Hall–Kier alpha value is -2.03. The molecule has 0 aliphatic carbocycles. The molecule has 24 heavy (non-hydrogen) atoms. The second-order valence-corrected chi connectivity index (χ2v) is 6.28. The average molecular weight is 347 g/mol. The van der Waals surface area contributed by atoms with Crippen LogP contribution in [0.3, 0.4) is 0 Å². The van der Waals surface area contributed by atoms with Crippen LogP contribution in [0, 0.1) is 4.77 Å². The predicted octanol–water partition coefficient (Wildman–Crippen LogP) is 1.88. The number of methoxy groups -OCH3 is 1. The molecule has 0 amide bonds. The van der Waals surface area contributed by atoms with E-state index in [-0.39, 0.29) is 17.9 Å². The molecule has 0 radical (unpaired) electrons. The fourth-order valence-electron chi connectivity index (χ4n) is 3.13. The van der Waals surface area contributed by atoms with Gasteiger partial charge < -0.3 is 18.8 Å². The van der Waals surface area contributed by atoms with Crippen molar-refractivity contribution in [3.8, 4) is 17.1 Å². The van der Waals surface area contributed by atoms with E-state index >= 15 is 0 Å². The van der Waals surface area contributed by atoms with Crippen LogP contribution >= 0.6 is 12.2 Å². The molecule has 1 aromatic heterocycles. The molecule has 8 heteroatoms. The maximum Gasteiger partial charge on any atom is 0.218 e. The molecular weight excluding hydrogens is 330 g/mol. The van der Waals surface area contributed by atoms with Gasteiger partial charge in [-0.1, -0.05) is 0 Å². The fourth-order valence-corrected chi connectivity index (χ4v) is 3.39. The average Bonchev–Trinajstić information content (AvgIpc) is 3.16. The monoisotopic (exact) mass is 347 g/mol. The molecule has 2 aromatic rings. The topological polar surface area (TPSA) is 67.5 Å². The summed E-state index contributed by atoms with van der Waals surface area (Å²) in [6, 6.07) is 7.37. The van der Waals surface area contributed by atoms with Gasteiger partial charge in [-0.2, -0.15) is 5.10 Å². The normalized spacial score (nSPS) is 25.9. The first-order chi connectivity index (χ1) is 11.6. The van der Waals surface area contributed by atoms with Crippen LogP contribution in [-0.4, -0.2) is 46.2 Å². The lowest BCUT2D eigenvalue weighted by molar-refractivity contribution is -0.156. The fraction of sp³-hybridized carbons (Fsp3) is 0.438. The van der Waals surface area contributed by atoms with Gasteiger partial charge in [-0.05, 0) is 36.5 Å². The minimum Gasteiger partial charge on any atom is -0.497 e. The molecule has 0 saturated carbocycles. The van der Waals surface area contributed by atoms with Crippen molar-refractivity contribution in [2.24, 2.45) is 7.05 Å². The lowest BCUT2D eigenvalue weighted by Crippen LogP contribution is -2.37. The maximum atomic E-state index is 12.0. The van der Waals surface area contributed by atoms with Crippen molar-refractivity contribution in [3.05, 3.63) is 29.0 Å². The first-order valence-electron chi connectivity index (χ1n) is 7.68. The zero-order chi connectivity index (χ0) is 16.8. The van der Waals surface area contributed by atoms with Crippen LogP contribution in [0.4, 0.5) is 0 Å². The van der Waals surface area contributed by atoms with Gasteiger partial charge in [-0.25, -0.2) is 4.68 Å². The zero-order valence-corrected chi connectivity index (χ0v) is 14.2. The third-order valence-electron chi connectivity index (χ3n) is 4.48. The summed E-state index contributed by atoms with van der Waals surface area (Å²) in [5.41, 5.74) is 0.923. The first-order valence-corrected chi connectivity index (χ1v) is 8.09. The molecule has 2 bridgehead atoms. The van der Waals surface area contributed by atoms with E-state index in [1.165, 1.54) is 0 Å². The Kier molecular flexibility index (Phi) is 3.75. The van der Waals surface area contributed by atoms with E-state index < -0.39 is 6.29 Å². The third-order valence-corrected chi connectivity index (χ3v) is 4.94. The van der Waals surface area contributed by atoms with Crippen LogP contribution in [-0.2, 0) is 21.3 Å². The Labute approximate surface area is 143 Å². The number of hydrogen-bond acceptors (Lipinski definition) is 6. The van der Waals surface area contributed by atoms with E-state index in [1.807, 2.05) is 35.9 Å². The van der Waals surface area contributed by atoms with Crippen LogP contribution < -0.4 is 4.74 Å². The van der Waals surface area contributed by atoms with Gasteiger partial charge in [0.25, 0.3) is 0 Å². The van der Waals surface area contributed by atoms with Crippen molar-refractivity contribution >= 4 is 18.0 Å².